The second-order valence-electron chi connectivity index (χ2n) is 6.06. The van der Waals surface area contributed by atoms with Gasteiger partial charge < -0.3 is 16.0 Å². The SMILES string of the molecule is Nc1ccc2c(C(=O)NCCCC3CCCC3)c[nH]c2c1. The molecule has 3 rings (SSSR count). The molecule has 1 aromatic carbocycles. The number of fused-ring (bicyclic) bond motifs is 1. The number of nitrogens with one attached hydrogen (secondary N) is 2. The van der Waals surface area contributed by atoms with Gasteiger partial charge in [-0.05, 0) is 37.0 Å². The molecule has 21 heavy (non-hydrogen) atoms. The van der Waals surface area contributed by atoms with Crippen LogP contribution < -0.4 is 11.1 Å². The third-order valence-corrected chi connectivity index (χ3v) is 4.50. The zero-order valence-corrected chi connectivity index (χ0v) is 12.3. The summed E-state index contributed by atoms with van der Waals surface area (Å²) in [6.07, 6.45) is 9.59. The highest BCUT2D eigenvalue weighted by Crippen LogP contribution is 2.28. The zero-order valence-electron chi connectivity index (χ0n) is 12.3. The normalized spacial score (nSPS) is 15.6. The predicted molar refractivity (Wildman–Crippen MR) is 86.2 cm³/mol. The number of carbonyl (C=O) groups is 1. The number of anilines is 1. The second kappa shape index (κ2) is 6.20. The van der Waals surface area contributed by atoms with E-state index in [1.807, 2.05) is 18.2 Å². The van der Waals surface area contributed by atoms with Crippen LogP contribution in [-0.2, 0) is 0 Å². The van der Waals surface area contributed by atoms with Gasteiger partial charge in [-0.1, -0.05) is 25.7 Å². The number of aromatic amines is 1. The number of nitrogen functional groups attached to an aromatic ring is 1. The van der Waals surface area contributed by atoms with E-state index < -0.39 is 0 Å². The van der Waals surface area contributed by atoms with Gasteiger partial charge >= 0.3 is 0 Å². The molecule has 4 heteroatoms. The number of carbonyl (C=O) groups excluding carboxylic acids is 1. The maximum Gasteiger partial charge on any atom is 0.253 e. The van der Waals surface area contributed by atoms with Gasteiger partial charge in [0.1, 0.15) is 0 Å². The standard InChI is InChI=1S/C17H23N3O/c18-13-7-8-14-15(11-20-16(14)10-13)17(21)19-9-3-6-12-4-1-2-5-12/h7-8,10-12,20H,1-6,9,18H2,(H,19,21). The van der Waals surface area contributed by atoms with E-state index in [1.165, 1.54) is 32.1 Å². The van der Waals surface area contributed by atoms with E-state index in [-0.39, 0.29) is 5.91 Å². The van der Waals surface area contributed by atoms with Crippen molar-refractivity contribution < 1.29 is 4.79 Å². The first-order valence-electron chi connectivity index (χ1n) is 7.89. The Bertz CT molecular complexity index is 626. The van der Waals surface area contributed by atoms with Crippen molar-refractivity contribution in [1.82, 2.24) is 10.3 Å². The number of benzene rings is 1. The molecule has 0 radical (unpaired) electrons. The third kappa shape index (κ3) is 3.20. The minimum absolute atomic E-state index is 0.00237. The largest absolute Gasteiger partial charge is 0.399 e. The van der Waals surface area contributed by atoms with Crippen molar-refractivity contribution in [3.05, 3.63) is 30.0 Å². The van der Waals surface area contributed by atoms with Crippen LogP contribution in [0.15, 0.2) is 24.4 Å². The number of nitrogens with two attached hydrogens (primary N) is 1. The second-order valence-corrected chi connectivity index (χ2v) is 6.06. The van der Waals surface area contributed by atoms with Crippen molar-refractivity contribution in [2.75, 3.05) is 12.3 Å². The monoisotopic (exact) mass is 285 g/mol. The van der Waals surface area contributed by atoms with E-state index in [1.54, 1.807) is 6.20 Å². The van der Waals surface area contributed by atoms with E-state index in [0.29, 0.717) is 11.3 Å². The van der Waals surface area contributed by atoms with Crippen LogP contribution in [0.5, 0.6) is 0 Å². The van der Waals surface area contributed by atoms with Gasteiger partial charge in [0.25, 0.3) is 5.91 Å². The Balaban J connectivity index is 1.54. The van der Waals surface area contributed by atoms with Crippen LogP contribution in [0.2, 0.25) is 0 Å². The van der Waals surface area contributed by atoms with Crippen LogP contribution in [0.3, 0.4) is 0 Å². The van der Waals surface area contributed by atoms with Crippen LogP contribution in [0.4, 0.5) is 5.69 Å². The average molecular weight is 285 g/mol. The number of hydrogen-bond acceptors (Lipinski definition) is 2. The Morgan fingerprint density at radius 3 is 2.95 bits per heavy atom. The Morgan fingerprint density at radius 1 is 1.33 bits per heavy atom. The highest BCUT2D eigenvalue weighted by Gasteiger charge is 2.15. The van der Waals surface area contributed by atoms with Gasteiger partial charge in [0.2, 0.25) is 0 Å². The first-order valence-corrected chi connectivity index (χ1v) is 7.89. The van der Waals surface area contributed by atoms with E-state index >= 15 is 0 Å². The lowest BCUT2D eigenvalue weighted by molar-refractivity contribution is 0.0954. The molecule has 1 fully saturated rings. The van der Waals surface area contributed by atoms with Crippen LogP contribution in [0.25, 0.3) is 10.9 Å². The summed E-state index contributed by atoms with van der Waals surface area (Å²) in [7, 11) is 0. The smallest absolute Gasteiger partial charge is 0.253 e. The van der Waals surface area contributed by atoms with Crippen molar-refractivity contribution in [3.63, 3.8) is 0 Å². The highest BCUT2D eigenvalue weighted by atomic mass is 16.1. The topological polar surface area (TPSA) is 70.9 Å². The molecule has 0 saturated heterocycles. The molecule has 1 aliphatic carbocycles. The average Bonchev–Trinajstić information content (AvgIpc) is 3.12. The Labute approximate surface area is 125 Å². The fourth-order valence-electron chi connectivity index (χ4n) is 3.32. The van der Waals surface area contributed by atoms with Gasteiger partial charge in [-0.25, -0.2) is 0 Å². The van der Waals surface area contributed by atoms with Gasteiger partial charge in [0.05, 0.1) is 5.56 Å². The summed E-state index contributed by atoms with van der Waals surface area (Å²) in [4.78, 5) is 15.3. The third-order valence-electron chi connectivity index (χ3n) is 4.50. The molecule has 4 nitrogen and oxygen atoms in total. The molecule has 1 saturated carbocycles. The lowest BCUT2D eigenvalue weighted by atomic mass is 10.0. The lowest BCUT2D eigenvalue weighted by Crippen LogP contribution is -2.24. The lowest BCUT2D eigenvalue weighted by Gasteiger charge is -2.09. The fourth-order valence-corrected chi connectivity index (χ4v) is 3.32. The van der Waals surface area contributed by atoms with E-state index in [9.17, 15) is 4.79 Å². The molecule has 1 heterocycles. The summed E-state index contributed by atoms with van der Waals surface area (Å²) >= 11 is 0. The van der Waals surface area contributed by atoms with Crippen molar-refractivity contribution in [1.29, 1.82) is 0 Å². The van der Waals surface area contributed by atoms with Crippen LogP contribution >= 0.6 is 0 Å². The zero-order chi connectivity index (χ0) is 14.7. The molecule has 1 aromatic heterocycles. The number of H-pyrrole nitrogens is 1. The first kappa shape index (κ1) is 14.0. The van der Waals surface area contributed by atoms with Crippen molar-refractivity contribution in [2.24, 2.45) is 5.92 Å². The molecule has 1 amide bonds. The van der Waals surface area contributed by atoms with Crippen molar-refractivity contribution in [3.8, 4) is 0 Å². The van der Waals surface area contributed by atoms with Crippen LogP contribution in [-0.4, -0.2) is 17.4 Å². The van der Waals surface area contributed by atoms with Crippen LogP contribution in [0.1, 0.15) is 48.9 Å². The van der Waals surface area contributed by atoms with Gasteiger partial charge in [0.15, 0.2) is 0 Å². The molecule has 0 spiro atoms. The predicted octanol–water partition coefficient (Wildman–Crippen LogP) is 3.45. The summed E-state index contributed by atoms with van der Waals surface area (Å²) in [6, 6.07) is 5.58. The molecule has 0 bridgehead atoms. The van der Waals surface area contributed by atoms with Gasteiger partial charge in [-0.3, -0.25) is 4.79 Å². The molecule has 4 N–H and O–H groups in total. The molecule has 2 aromatic rings. The first-order chi connectivity index (χ1) is 10.2. The summed E-state index contributed by atoms with van der Waals surface area (Å²) in [5, 5.41) is 3.95. The number of amides is 1. The quantitative estimate of drug-likeness (QED) is 0.581. The van der Waals surface area contributed by atoms with Crippen molar-refractivity contribution in [2.45, 2.75) is 38.5 Å². The molecule has 112 valence electrons. The highest BCUT2D eigenvalue weighted by molar-refractivity contribution is 6.07. The van der Waals surface area contributed by atoms with E-state index in [2.05, 4.69) is 10.3 Å². The molecule has 1 aliphatic rings. The van der Waals surface area contributed by atoms with E-state index in [0.717, 1.165) is 29.8 Å². The minimum Gasteiger partial charge on any atom is -0.399 e. The van der Waals surface area contributed by atoms with Crippen molar-refractivity contribution >= 4 is 22.5 Å². The number of aromatic nitrogens is 1. The minimum atomic E-state index is -0.00237. The van der Waals surface area contributed by atoms with E-state index in [4.69, 9.17) is 5.73 Å². The Kier molecular flexibility index (Phi) is 4.13. The fraction of sp³-hybridized carbons (Fsp3) is 0.471. The molecule has 0 atom stereocenters. The Hall–Kier alpha value is -1.97. The van der Waals surface area contributed by atoms with Crippen LogP contribution in [0, 0.1) is 5.92 Å². The molecular formula is C17H23N3O. The molecular weight excluding hydrogens is 262 g/mol. The van der Waals surface area contributed by atoms with Gasteiger partial charge in [-0.15, -0.1) is 0 Å². The molecule has 0 aliphatic heterocycles. The molecule has 0 unspecified atom stereocenters. The summed E-state index contributed by atoms with van der Waals surface area (Å²) in [5.74, 6) is 0.885. The maximum atomic E-state index is 12.2. The van der Waals surface area contributed by atoms with Gasteiger partial charge in [0, 0.05) is 29.3 Å². The summed E-state index contributed by atoms with van der Waals surface area (Å²) in [6.45, 7) is 0.761. The summed E-state index contributed by atoms with van der Waals surface area (Å²) in [5.41, 5.74) is 8.06. The van der Waals surface area contributed by atoms with Gasteiger partial charge in [-0.2, -0.15) is 0 Å². The number of rotatable bonds is 5. The summed E-state index contributed by atoms with van der Waals surface area (Å²) < 4.78 is 0. The number of hydrogen-bond donors (Lipinski definition) is 3. The Morgan fingerprint density at radius 2 is 2.14 bits per heavy atom. The maximum absolute atomic E-state index is 12.2.